The van der Waals surface area contributed by atoms with Crippen LogP contribution in [0.1, 0.15) is 26.4 Å². The average molecular weight is 288 g/mol. The highest BCUT2D eigenvalue weighted by molar-refractivity contribution is 7.10. The van der Waals surface area contributed by atoms with Crippen LogP contribution in [-0.2, 0) is 5.72 Å². The second-order valence-electron chi connectivity index (χ2n) is 5.17. The van der Waals surface area contributed by atoms with Gasteiger partial charge in [-0.05, 0) is 30.0 Å². The minimum absolute atomic E-state index is 0.181. The fraction of sp³-hybridized carbons (Fsp3) is 0.267. The number of fused-ring (bicyclic) bond motifs is 1. The van der Waals surface area contributed by atoms with Gasteiger partial charge in [0.1, 0.15) is 0 Å². The Kier molecular flexibility index (Phi) is 2.93. The zero-order valence-electron chi connectivity index (χ0n) is 11.6. The van der Waals surface area contributed by atoms with Crippen molar-refractivity contribution >= 4 is 17.2 Å². The SMILES string of the molecule is Cc1csc(C2(O)c3ccccc3C(=O)N2N(C)C)c1. The van der Waals surface area contributed by atoms with Gasteiger partial charge in [0.25, 0.3) is 5.91 Å². The van der Waals surface area contributed by atoms with Crippen LogP contribution < -0.4 is 0 Å². The predicted octanol–water partition coefficient (Wildman–Crippen LogP) is 2.18. The number of carbonyl (C=O) groups excluding carboxylic acids is 1. The van der Waals surface area contributed by atoms with Crippen LogP contribution in [0.3, 0.4) is 0 Å². The van der Waals surface area contributed by atoms with Crippen LogP contribution in [-0.4, -0.2) is 35.1 Å². The molecule has 0 spiro atoms. The number of amides is 1. The molecule has 0 saturated carbocycles. The summed E-state index contributed by atoms with van der Waals surface area (Å²) in [5, 5.41) is 16.3. The zero-order chi connectivity index (χ0) is 14.5. The van der Waals surface area contributed by atoms with E-state index in [0.717, 1.165) is 10.4 Å². The molecule has 2 heterocycles. The number of aryl methyl sites for hydroxylation is 1. The predicted molar refractivity (Wildman–Crippen MR) is 78.4 cm³/mol. The van der Waals surface area contributed by atoms with Gasteiger partial charge in [0, 0.05) is 25.2 Å². The molecule has 1 amide bonds. The summed E-state index contributed by atoms with van der Waals surface area (Å²) in [4.78, 5) is 13.3. The molecule has 1 atom stereocenters. The Balaban J connectivity index is 2.27. The molecular weight excluding hydrogens is 272 g/mol. The molecule has 1 aliphatic heterocycles. The fourth-order valence-corrected chi connectivity index (χ4v) is 3.67. The Morgan fingerprint density at radius 2 is 2.00 bits per heavy atom. The second-order valence-corrected chi connectivity index (χ2v) is 6.08. The molecule has 1 unspecified atom stereocenters. The summed E-state index contributed by atoms with van der Waals surface area (Å²) in [6.45, 7) is 1.98. The smallest absolute Gasteiger partial charge is 0.271 e. The average Bonchev–Trinajstić information content (AvgIpc) is 2.93. The molecule has 0 fully saturated rings. The second kappa shape index (κ2) is 4.41. The largest absolute Gasteiger partial charge is 0.361 e. The molecule has 0 radical (unpaired) electrons. The van der Waals surface area contributed by atoms with E-state index in [0.29, 0.717) is 11.1 Å². The lowest BCUT2D eigenvalue weighted by Gasteiger charge is -2.37. The summed E-state index contributed by atoms with van der Waals surface area (Å²) in [6.07, 6.45) is 0. The first-order chi connectivity index (χ1) is 9.46. The summed E-state index contributed by atoms with van der Waals surface area (Å²) in [6, 6.07) is 9.15. The van der Waals surface area contributed by atoms with E-state index < -0.39 is 5.72 Å². The number of hydrazine groups is 1. The van der Waals surface area contributed by atoms with Crippen LogP contribution >= 0.6 is 11.3 Å². The standard InChI is InChI=1S/C15H16N2O2S/c1-10-8-13(20-9-10)15(19)12-7-5-4-6-11(12)14(18)17(15)16(2)3/h4-9,19H,1-3H3. The topological polar surface area (TPSA) is 43.8 Å². The molecule has 0 aliphatic carbocycles. The third-order valence-corrected chi connectivity index (χ3v) is 4.65. The number of hydrogen-bond acceptors (Lipinski definition) is 4. The quantitative estimate of drug-likeness (QED) is 0.921. The first-order valence-corrected chi connectivity index (χ1v) is 7.23. The maximum absolute atomic E-state index is 12.6. The van der Waals surface area contributed by atoms with Gasteiger partial charge >= 0.3 is 0 Å². The molecule has 4 nitrogen and oxygen atoms in total. The third-order valence-electron chi connectivity index (χ3n) is 3.51. The van der Waals surface area contributed by atoms with Crippen LogP contribution in [0.15, 0.2) is 35.7 Å². The van der Waals surface area contributed by atoms with Crippen molar-refractivity contribution in [2.45, 2.75) is 12.6 Å². The van der Waals surface area contributed by atoms with E-state index in [-0.39, 0.29) is 5.91 Å². The van der Waals surface area contributed by atoms with Crippen LogP contribution in [0.5, 0.6) is 0 Å². The van der Waals surface area contributed by atoms with Crippen molar-refractivity contribution in [3.63, 3.8) is 0 Å². The number of benzene rings is 1. The van der Waals surface area contributed by atoms with Crippen molar-refractivity contribution < 1.29 is 9.90 Å². The van der Waals surface area contributed by atoms with E-state index in [2.05, 4.69) is 0 Å². The number of rotatable bonds is 2. The first kappa shape index (κ1) is 13.3. The van der Waals surface area contributed by atoms with E-state index in [9.17, 15) is 9.90 Å². The molecule has 0 saturated heterocycles. The van der Waals surface area contributed by atoms with Gasteiger partial charge in [-0.1, -0.05) is 18.2 Å². The minimum Gasteiger partial charge on any atom is -0.361 e. The normalized spacial score (nSPS) is 21.6. The lowest BCUT2D eigenvalue weighted by atomic mass is 10.00. The van der Waals surface area contributed by atoms with Gasteiger partial charge in [-0.25, -0.2) is 10.0 Å². The van der Waals surface area contributed by atoms with Crippen LogP contribution in [0.2, 0.25) is 0 Å². The van der Waals surface area contributed by atoms with Gasteiger partial charge in [-0.2, -0.15) is 0 Å². The summed E-state index contributed by atoms with van der Waals surface area (Å²) < 4.78 is 0. The molecule has 20 heavy (non-hydrogen) atoms. The Bertz CT molecular complexity index is 680. The molecule has 2 aromatic rings. The summed E-state index contributed by atoms with van der Waals surface area (Å²) in [5.74, 6) is -0.181. The molecule has 1 aliphatic rings. The Morgan fingerprint density at radius 3 is 2.60 bits per heavy atom. The number of nitrogens with zero attached hydrogens (tertiary/aromatic N) is 2. The minimum atomic E-state index is -1.42. The molecule has 0 bridgehead atoms. The number of thiophene rings is 1. The van der Waals surface area contributed by atoms with Gasteiger partial charge in [0.15, 0.2) is 0 Å². The summed E-state index contributed by atoms with van der Waals surface area (Å²) in [5.41, 5.74) is 0.847. The third kappa shape index (κ3) is 1.64. The van der Waals surface area contributed by atoms with Gasteiger partial charge < -0.3 is 5.11 Å². The number of aliphatic hydroxyl groups is 1. The summed E-state index contributed by atoms with van der Waals surface area (Å²) >= 11 is 1.46. The molecule has 1 N–H and O–H groups in total. The maximum Gasteiger partial charge on any atom is 0.271 e. The van der Waals surface area contributed by atoms with Gasteiger partial charge in [-0.3, -0.25) is 4.79 Å². The lowest BCUT2D eigenvalue weighted by molar-refractivity contribution is -0.134. The number of carbonyl (C=O) groups is 1. The fourth-order valence-electron chi connectivity index (χ4n) is 2.67. The Hall–Kier alpha value is -1.69. The van der Waals surface area contributed by atoms with E-state index in [1.54, 1.807) is 25.2 Å². The number of hydrogen-bond donors (Lipinski definition) is 1. The highest BCUT2D eigenvalue weighted by Gasteiger charge is 2.51. The van der Waals surface area contributed by atoms with Gasteiger partial charge in [0.2, 0.25) is 5.72 Å². The maximum atomic E-state index is 12.6. The van der Waals surface area contributed by atoms with Crippen molar-refractivity contribution in [2.75, 3.05) is 14.1 Å². The molecule has 3 rings (SSSR count). The lowest BCUT2D eigenvalue weighted by Crippen LogP contribution is -2.51. The van der Waals surface area contributed by atoms with Crippen molar-refractivity contribution in [2.24, 2.45) is 0 Å². The van der Waals surface area contributed by atoms with E-state index >= 15 is 0 Å². The highest BCUT2D eigenvalue weighted by atomic mass is 32.1. The molecule has 5 heteroatoms. The van der Waals surface area contributed by atoms with E-state index in [1.807, 2.05) is 36.6 Å². The van der Waals surface area contributed by atoms with Crippen LogP contribution in [0, 0.1) is 6.92 Å². The molecule has 1 aromatic carbocycles. The van der Waals surface area contributed by atoms with E-state index in [4.69, 9.17) is 0 Å². The van der Waals surface area contributed by atoms with Gasteiger partial charge in [-0.15, -0.1) is 11.3 Å². The molecule has 104 valence electrons. The van der Waals surface area contributed by atoms with Crippen molar-refractivity contribution in [3.05, 3.63) is 57.3 Å². The van der Waals surface area contributed by atoms with Gasteiger partial charge in [0.05, 0.1) is 4.88 Å². The highest BCUT2D eigenvalue weighted by Crippen LogP contribution is 2.44. The summed E-state index contributed by atoms with van der Waals surface area (Å²) in [7, 11) is 3.52. The van der Waals surface area contributed by atoms with Crippen molar-refractivity contribution in [1.82, 2.24) is 10.0 Å². The Morgan fingerprint density at radius 1 is 1.30 bits per heavy atom. The van der Waals surface area contributed by atoms with E-state index in [1.165, 1.54) is 16.3 Å². The van der Waals surface area contributed by atoms with Crippen molar-refractivity contribution in [1.29, 1.82) is 0 Å². The Labute approximate surface area is 121 Å². The first-order valence-electron chi connectivity index (χ1n) is 6.35. The monoisotopic (exact) mass is 288 g/mol. The molecule has 1 aromatic heterocycles. The van der Waals surface area contributed by atoms with Crippen LogP contribution in [0.25, 0.3) is 0 Å². The van der Waals surface area contributed by atoms with Crippen molar-refractivity contribution in [3.8, 4) is 0 Å². The zero-order valence-corrected chi connectivity index (χ0v) is 12.4. The molecular formula is C15H16N2O2S. The van der Waals surface area contributed by atoms with Crippen LogP contribution in [0.4, 0.5) is 0 Å².